The van der Waals surface area contributed by atoms with E-state index in [1.54, 1.807) is 0 Å². The van der Waals surface area contributed by atoms with Crippen molar-refractivity contribution in [3.8, 4) is 0 Å². The van der Waals surface area contributed by atoms with Crippen LogP contribution in [0.25, 0.3) is 0 Å². The van der Waals surface area contributed by atoms with E-state index in [0.29, 0.717) is 17.5 Å². The van der Waals surface area contributed by atoms with E-state index < -0.39 is 23.8 Å². The molecule has 3 nitrogen and oxygen atoms in total. The van der Waals surface area contributed by atoms with Gasteiger partial charge in [0.1, 0.15) is 11.4 Å². The van der Waals surface area contributed by atoms with Crippen LogP contribution in [0.3, 0.4) is 0 Å². The fraction of sp³-hybridized carbons (Fsp3) is 0.364. The van der Waals surface area contributed by atoms with E-state index in [1.807, 2.05) is 0 Å². The van der Waals surface area contributed by atoms with Gasteiger partial charge in [-0.2, -0.15) is 0 Å². The zero-order chi connectivity index (χ0) is 11.9. The van der Waals surface area contributed by atoms with Crippen LogP contribution in [0.1, 0.15) is 24.0 Å². The number of rotatable bonds is 2. The fourth-order valence-electron chi connectivity index (χ4n) is 2.17. The summed E-state index contributed by atoms with van der Waals surface area (Å²) in [6, 6.07) is 2.61. The minimum atomic E-state index is -1.49. The van der Waals surface area contributed by atoms with E-state index in [2.05, 4.69) is 0 Å². The molecule has 2 N–H and O–H groups in total. The number of hydrogen-bond acceptors (Lipinski definition) is 2. The molecule has 2 rings (SSSR count). The molecule has 1 aliphatic carbocycles. The van der Waals surface area contributed by atoms with Gasteiger partial charge in [-0.1, -0.05) is 11.6 Å². The van der Waals surface area contributed by atoms with Gasteiger partial charge in [-0.3, -0.25) is 4.79 Å². The van der Waals surface area contributed by atoms with Crippen molar-refractivity contribution in [1.29, 1.82) is 0 Å². The van der Waals surface area contributed by atoms with Gasteiger partial charge < -0.3 is 10.2 Å². The normalized spacial score (nSPS) is 23.2. The highest BCUT2D eigenvalue weighted by Gasteiger charge is 2.40. The zero-order valence-electron chi connectivity index (χ0n) is 8.33. The molecule has 0 saturated carbocycles. The summed E-state index contributed by atoms with van der Waals surface area (Å²) in [4.78, 5) is 10.7. The van der Waals surface area contributed by atoms with Crippen molar-refractivity contribution >= 4 is 17.6 Å². The second-order valence-electron chi connectivity index (χ2n) is 4.02. The number of carboxylic acid groups (broad SMARTS) is 1. The van der Waals surface area contributed by atoms with Gasteiger partial charge in [0.15, 0.2) is 0 Å². The number of fused-ring (bicyclic) bond motifs is 1. The Morgan fingerprint density at radius 1 is 1.56 bits per heavy atom. The van der Waals surface area contributed by atoms with Crippen molar-refractivity contribution in [1.82, 2.24) is 0 Å². The lowest BCUT2D eigenvalue weighted by atomic mass is 9.92. The number of carbonyl (C=O) groups is 1. The second kappa shape index (κ2) is 3.71. The molecule has 0 radical (unpaired) electrons. The predicted molar refractivity (Wildman–Crippen MR) is 55.9 cm³/mol. The Hall–Kier alpha value is -1.13. The summed E-state index contributed by atoms with van der Waals surface area (Å²) in [6.07, 6.45) is 0.119. The average Bonchev–Trinajstić information content (AvgIpc) is 2.43. The molecule has 0 heterocycles. The molecule has 1 aromatic rings. The standard InChI is InChI=1S/C11H10ClFO3/c12-6-3-8-7(9(13)4-6)1-2-11(8,16)5-10(14)15/h3-4,16H,1-2,5H2,(H,14,15). The molecule has 0 aliphatic heterocycles. The third kappa shape index (κ3) is 1.79. The van der Waals surface area contributed by atoms with Crippen LogP contribution < -0.4 is 0 Å². The maximum Gasteiger partial charge on any atom is 0.306 e. The maximum atomic E-state index is 13.5. The molecule has 16 heavy (non-hydrogen) atoms. The summed E-state index contributed by atoms with van der Waals surface area (Å²) in [5.74, 6) is -1.60. The van der Waals surface area contributed by atoms with Crippen molar-refractivity contribution < 1.29 is 19.4 Å². The Morgan fingerprint density at radius 2 is 2.25 bits per heavy atom. The topological polar surface area (TPSA) is 57.5 Å². The van der Waals surface area contributed by atoms with Crippen LogP contribution in [0.4, 0.5) is 4.39 Å². The van der Waals surface area contributed by atoms with Crippen LogP contribution in [0.15, 0.2) is 12.1 Å². The molecule has 0 bridgehead atoms. The van der Waals surface area contributed by atoms with Crippen LogP contribution in [-0.2, 0) is 16.8 Å². The van der Waals surface area contributed by atoms with Gasteiger partial charge >= 0.3 is 5.97 Å². The van der Waals surface area contributed by atoms with Crippen LogP contribution in [0.5, 0.6) is 0 Å². The minimum Gasteiger partial charge on any atom is -0.481 e. The van der Waals surface area contributed by atoms with Gasteiger partial charge in [0.05, 0.1) is 6.42 Å². The van der Waals surface area contributed by atoms with Crippen molar-refractivity contribution in [2.24, 2.45) is 0 Å². The molecule has 0 spiro atoms. The van der Waals surface area contributed by atoms with Crippen molar-refractivity contribution in [2.75, 3.05) is 0 Å². The first kappa shape index (κ1) is 11.4. The second-order valence-corrected chi connectivity index (χ2v) is 4.45. The van der Waals surface area contributed by atoms with Crippen molar-refractivity contribution in [3.05, 3.63) is 34.1 Å². The highest BCUT2D eigenvalue weighted by molar-refractivity contribution is 6.30. The average molecular weight is 245 g/mol. The summed E-state index contributed by atoms with van der Waals surface area (Å²) in [6.45, 7) is 0. The van der Waals surface area contributed by atoms with E-state index in [0.717, 1.165) is 0 Å². The quantitative estimate of drug-likeness (QED) is 0.838. The summed E-state index contributed by atoms with van der Waals surface area (Å²) >= 11 is 5.69. The van der Waals surface area contributed by atoms with Gasteiger partial charge in [-0.15, -0.1) is 0 Å². The number of aliphatic hydroxyl groups is 1. The molecule has 1 aliphatic rings. The van der Waals surface area contributed by atoms with E-state index in [9.17, 15) is 14.3 Å². The number of halogens is 2. The summed E-state index contributed by atoms with van der Waals surface area (Å²) < 4.78 is 13.5. The van der Waals surface area contributed by atoms with Crippen molar-refractivity contribution in [3.63, 3.8) is 0 Å². The smallest absolute Gasteiger partial charge is 0.306 e. The minimum absolute atomic E-state index is 0.168. The van der Waals surface area contributed by atoms with Crippen LogP contribution in [0, 0.1) is 5.82 Å². The number of carboxylic acids is 1. The van der Waals surface area contributed by atoms with E-state index in [-0.39, 0.29) is 11.4 Å². The van der Waals surface area contributed by atoms with Gasteiger partial charge in [0, 0.05) is 5.02 Å². The molecule has 5 heteroatoms. The molecule has 86 valence electrons. The van der Waals surface area contributed by atoms with Gasteiger partial charge in [0.25, 0.3) is 0 Å². The largest absolute Gasteiger partial charge is 0.481 e. The third-order valence-electron chi connectivity index (χ3n) is 2.89. The fourth-order valence-corrected chi connectivity index (χ4v) is 2.38. The summed E-state index contributed by atoms with van der Waals surface area (Å²) in [5, 5.41) is 19.0. The Bertz CT molecular complexity index is 461. The van der Waals surface area contributed by atoms with Crippen LogP contribution in [0.2, 0.25) is 5.02 Å². The molecular weight excluding hydrogens is 235 g/mol. The number of benzene rings is 1. The first-order valence-electron chi connectivity index (χ1n) is 4.85. The Balaban J connectivity index is 2.49. The van der Waals surface area contributed by atoms with Crippen LogP contribution >= 0.6 is 11.6 Å². The lowest BCUT2D eigenvalue weighted by molar-refractivity contribution is -0.142. The SMILES string of the molecule is O=C(O)CC1(O)CCc2c(F)cc(Cl)cc21. The maximum absolute atomic E-state index is 13.5. The molecule has 0 aromatic heterocycles. The van der Waals surface area contributed by atoms with Gasteiger partial charge in [-0.05, 0) is 36.1 Å². The van der Waals surface area contributed by atoms with Crippen molar-refractivity contribution in [2.45, 2.75) is 24.9 Å². The highest BCUT2D eigenvalue weighted by Crippen LogP contribution is 2.41. The van der Waals surface area contributed by atoms with E-state index in [4.69, 9.17) is 16.7 Å². The third-order valence-corrected chi connectivity index (χ3v) is 3.11. The summed E-state index contributed by atoms with van der Waals surface area (Å²) in [7, 11) is 0. The molecule has 1 atom stereocenters. The zero-order valence-corrected chi connectivity index (χ0v) is 9.09. The molecule has 1 aromatic carbocycles. The Labute approximate surface area is 96.5 Å². The monoisotopic (exact) mass is 244 g/mol. The van der Waals surface area contributed by atoms with Gasteiger partial charge in [-0.25, -0.2) is 4.39 Å². The molecule has 0 fully saturated rings. The Kier molecular flexibility index (Phi) is 2.64. The summed E-state index contributed by atoms with van der Waals surface area (Å²) in [5.41, 5.74) is -0.819. The number of hydrogen-bond donors (Lipinski definition) is 2. The predicted octanol–water partition coefficient (Wildman–Crippen LogP) is 2.09. The lowest BCUT2D eigenvalue weighted by Crippen LogP contribution is -2.26. The van der Waals surface area contributed by atoms with Gasteiger partial charge in [0.2, 0.25) is 0 Å². The molecule has 0 saturated heterocycles. The first-order valence-corrected chi connectivity index (χ1v) is 5.23. The first-order chi connectivity index (χ1) is 7.42. The lowest BCUT2D eigenvalue weighted by Gasteiger charge is -2.21. The van der Waals surface area contributed by atoms with E-state index in [1.165, 1.54) is 12.1 Å². The molecular formula is C11H10ClFO3. The van der Waals surface area contributed by atoms with Crippen LogP contribution in [-0.4, -0.2) is 16.2 Å². The Morgan fingerprint density at radius 3 is 2.88 bits per heavy atom. The molecule has 1 unspecified atom stereocenters. The van der Waals surface area contributed by atoms with E-state index >= 15 is 0 Å². The molecule has 0 amide bonds. The highest BCUT2D eigenvalue weighted by atomic mass is 35.5. The number of aliphatic carboxylic acids is 1.